The number of nitrogens with one attached hydrogen (secondary N) is 2. The Kier molecular flexibility index (Phi) is 5.97. The van der Waals surface area contributed by atoms with Crippen LogP contribution in [-0.2, 0) is 4.74 Å². The van der Waals surface area contributed by atoms with E-state index in [-0.39, 0.29) is 12.3 Å². The maximum Gasteiger partial charge on any atom is 0.149 e. The Bertz CT molecular complexity index is 657. The van der Waals surface area contributed by atoms with Crippen LogP contribution in [0.4, 0.5) is 0 Å². The van der Waals surface area contributed by atoms with Crippen molar-refractivity contribution in [1.29, 1.82) is 0 Å². The highest BCUT2D eigenvalue weighted by atomic mass is 35.5. The average Bonchev–Trinajstić information content (AvgIpc) is 2.54. The molecule has 24 heavy (non-hydrogen) atoms. The van der Waals surface area contributed by atoms with Crippen LogP contribution < -0.4 is 15.4 Å². The number of methoxy groups -OCH3 is 1. The van der Waals surface area contributed by atoms with Crippen LogP contribution in [0.1, 0.15) is 43.6 Å². The van der Waals surface area contributed by atoms with E-state index in [0.29, 0.717) is 5.03 Å². The number of ether oxygens (including phenoxy) is 2. The lowest BCUT2D eigenvalue weighted by Gasteiger charge is -2.35. The molecular weight excluding hydrogens is 324 g/mol. The van der Waals surface area contributed by atoms with Gasteiger partial charge in [0.15, 0.2) is 0 Å². The van der Waals surface area contributed by atoms with E-state index in [4.69, 9.17) is 21.1 Å². The quantitative estimate of drug-likeness (QED) is 0.751. The number of hydrogen-bond acceptors (Lipinski definition) is 4. The van der Waals surface area contributed by atoms with Crippen molar-refractivity contribution in [1.82, 2.24) is 10.6 Å². The van der Waals surface area contributed by atoms with Crippen molar-refractivity contribution < 1.29 is 9.47 Å². The molecule has 2 N–H and O–H groups in total. The zero-order chi connectivity index (χ0) is 17.9. The van der Waals surface area contributed by atoms with Gasteiger partial charge in [-0.15, -0.1) is 0 Å². The molecule has 132 valence electrons. The second-order valence-electron chi connectivity index (χ2n) is 6.33. The molecule has 2 rings (SSSR count). The lowest BCUT2D eigenvalue weighted by molar-refractivity contribution is 0.118. The van der Waals surface area contributed by atoms with Crippen molar-refractivity contribution in [2.24, 2.45) is 0 Å². The second-order valence-corrected chi connectivity index (χ2v) is 6.74. The summed E-state index contributed by atoms with van der Waals surface area (Å²) in [6.07, 6.45) is 5.45. The largest absolute Gasteiger partial charge is 0.475 e. The molecule has 5 heteroatoms. The molecule has 0 radical (unpaired) electrons. The van der Waals surface area contributed by atoms with Crippen LogP contribution in [0.3, 0.4) is 0 Å². The summed E-state index contributed by atoms with van der Waals surface area (Å²) in [5.74, 6) is 0.856. The Balaban J connectivity index is 2.12. The van der Waals surface area contributed by atoms with E-state index in [1.54, 1.807) is 7.11 Å². The van der Waals surface area contributed by atoms with Crippen LogP contribution in [0.15, 0.2) is 35.5 Å². The number of dihydropyridines is 1. The molecular formula is C19H27ClN2O2. The topological polar surface area (TPSA) is 42.5 Å². The fourth-order valence-electron chi connectivity index (χ4n) is 2.83. The monoisotopic (exact) mass is 350 g/mol. The Morgan fingerprint density at radius 2 is 1.92 bits per heavy atom. The molecule has 3 atom stereocenters. The van der Waals surface area contributed by atoms with E-state index in [1.807, 2.05) is 45.2 Å². The molecule has 4 nitrogen and oxygen atoms in total. The lowest BCUT2D eigenvalue weighted by Crippen LogP contribution is -2.58. The Morgan fingerprint density at radius 1 is 1.21 bits per heavy atom. The first-order chi connectivity index (χ1) is 11.3. The van der Waals surface area contributed by atoms with Crippen molar-refractivity contribution in [3.05, 3.63) is 52.2 Å². The van der Waals surface area contributed by atoms with Crippen LogP contribution in [0.5, 0.6) is 5.75 Å². The van der Waals surface area contributed by atoms with Gasteiger partial charge in [-0.25, -0.2) is 0 Å². The van der Waals surface area contributed by atoms with Gasteiger partial charge >= 0.3 is 0 Å². The maximum atomic E-state index is 6.31. The van der Waals surface area contributed by atoms with Crippen LogP contribution in [-0.4, -0.2) is 19.0 Å². The molecule has 0 aliphatic carbocycles. The molecule has 0 saturated heterocycles. The summed E-state index contributed by atoms with van der Waals surface area (Å²) < 4.78 is 11.5. The summed E-state index contributed by atoms with van der Waals surface area (Å²) >= 11 is 6.31. The standard InChI is InChI=1S/C19H27ClN2O2/c1-12-13(2)17(10-9-16(12)14(3)23-6)24-15(4)22-19(5)18(20)8-7-11-21-19/h7-11,14-15,21-22H,1-6H3. The fraction of sp³-hybridized carbons (Fsp3) is 0.474. The van der Waals surface area contributed by atoms with Gasteiger partial charge in [0.25, 0.3) is 0 Å². The van der Waals surface area contributed by atoms with E-state index in [2.05, 4.69) is 30.5 Å². The third kappa shape index (κ3) is 3.94. The van der Waals surface area contributed by atoms with Crippen LogP contribution in [0.25, 0.3) is 0 Å². The van der Waals surface area contributed by atoms with Crippen molar-refractivity contribution >= 4 is 11.6 Å². The molecule has 3 unspecified atom stereocenters. The number of rotatable bonds is 6. The number of halogens is 1. The second kappa shape index (κ2) is 7.60. The smallest absolute Gasteiger partial charge is 0.149 e. The summed E-state index contributed by atoms with van der Waals surface area (Å²) in [5.41, 5.74) is 2.95. The molecule has 0 aromatic heterocycles. The highest BCUT2D eigenvalue weighted by Crippen LogP contribution is 2.30. The predicted molar refractivity (Wildman–Crippen MR) is 99.2 cm³/mol. The first-order valence-corrected chi connectivity index (χ1v) is 8.54. The first-order valence-electron chi connectivity index (χ1n) is 8.16. The average molecular weight is 351 g/mol. The van der Waals surface area contributed by atoms with E-state index < -0.39 is 5.66 Å². The molecule has 0 bridgehead atoms. The van der Waals surface area contributed by atoms with Gasteiger partial charge in [-0.05, 0) is 75.7 Å². The first kappa shape index (κ1) is 18.8. The van der Waals surface area contributed by atoms with Crippen LogP contribution in [0.2, 0.25) is 0 Å². The summed E-state index contributed by atoms with van der Waals surface area (Å²) in [6.45, 7) is 10.2. The molecule has 1 heterocycles. The van der Waals surface area contributed by atoms with E-state index in [9.17, 15) is 0 Å². The number of allylic oxidation sites excluding steroid dienone is 2. The molecule has 1 aromatic carbocycles. The molecule has 1 aliphatic heterocycles. The van der Waals surface area contributed by atoms with Gasteiger partial charge in [0.2, 0.25) is 0 Å². The Labute approximate surface area is 149 Å². The van der Waals surface area contributed by atoms with Crippen molar-refractivity contribution in [3.63, 3.8) is 0 Å². The third-order valence-corrected chi connectivity index (χ3v) is 5.06. The normalized spacial score (nSPS) is 22.5. The fourth-order valence-corrected chi connectivity index (χ4v) is 3.01. The molecule has 1 aromatic rings. The summed E-state index contributed by atoms with van der Waals surface area (Å²) in [4.78, 5) is 0. The van der Waals surface area contributed by atoms with E-state index >= 15 is 0 Å². The zero-order valence-corrected chi connectivity index (χ0v) is 16.0. The number of benzene rings is 1. The van der Waals surface area contributed by atoms with Crippen molar-refractivity contribution in [2.45, 2.75) is 52.6 Å². The predicted octanol–water partition coefficient (Wildman–Crippen LogP) is 4.28. The highest BCUT2D eigenvalue weighted by Gasteiger charge is 2.30. The zero-order valence-electron chi connectivity index (χ0n) is 15.2. The maximum absolute atomic E-state index is 6.31. The van der Waals surface area contributed by atoms with E-state index in [0.717, 1.165) is 11.3 Å². The minimum atomic E-state index is -0.539. The molecule has 0 saturated carbocycles. The minimum absolute atomic E-state index is 0.0642. The number of hydrogen-bond donors (Lipinski definition) is 2. The van der Waals surface area contributed by atoms with Crippen molar-refractivity contribution in [3.8, 4) is 5.75 Å². The van der Waals surface area contributed by atoms with Gasteiger partial charge in [-0.1, -0.05) is 17.7 Å². The van der Waals surface area contributed by atoms with Crippen molar-refractivity contribution in [2.75, 3.05) is 7.11 Å². The summed E-state index contributed by atoms with van der Waals surface area (Å²) in [5, 5.41) is 7.30. The molecule has 0 spiro atoms. The Morgan fingerprint density at radius 3 is 2.54 bits per heavy atom. The highest BCUT2D eigenvalue weighted by molar-refractivity contribution is 6.31. The SMILES string of the molecule is COC(C)c1ccc(OC(C)NC2(C)NC=CC=C2Cl)c(C)c1C. The third-order valence-electron chi connectivity index (χ3n) is 4.56. The summed E-state index contributed by atoms with van der Waals surface area (Å²) in [6, 6.07) is 4.06. The van der Waals surface area contributed by atoms with Gasteiger partial charge in [-0.2, -0.15) is 0 Å². The van der Waals surface area contributed by atoms with Gasteiger partial charge in [0.05, 0.1) is 11.1 Å². The van der Waals surface area contributed by atoms with Crippen LogP contribution >= 0.6 is 11.6 Å². The Hall–Kier alpha value is -1.49. The van der Waals surface area contributed by atoms with E-state index in [1.165, 1.54) is 11.1 Å². The minimum Gasteiger partial charge on any atom is -0.475 e. The molecule has 0 amide bonds. The van der Waals surface area contributed by atoms with Gasteiger partial charge in [0.1, 0.15) is 17.6 Å². The van der Waals surface area contributed by atoms with Crippen LogP contribution in [0, 0.1) is 13.8 Å². The summed E-state index contributed by atoms with van der Waals surface area (Å²) in [7, 11) is 1.72. The lowest BCUT2D eigenvalue weighted by atomic mass is 9.99. The van der Waals surface area contributed by atoms with Gasteiger partial charge in [0, 0.05) is 7.11 Å². The van der Waals surface area contributed by atoms with Gasteiger partial charge < -0.3 is 14.8 Å². The molecule has 1 aliphatic rings. The molecule has 0 fully saturated rings. The van der Waals surface area contributed by atoms with Gasteiger partial charge in [-0.3, -0.25) is 5.32 Å².